The maximum atomic E-state index is 12.2. The highest BCUT2D eigenvalue weighted by molar-refractivity contribution is 5.37. The van der Waals surface area contributed by atoms with Crippen LogP contribution in [-0.2, 0) is 6.54 Å². The van der Waals surface area contributed by atoms with Crippen LogP contribution in [0, 0.1) is 0 Å². The molecule has 3 rings (SSSR count). The van der Waals surface area contributed by atoms with Crippen LogP contribution >= 0.6 is 0 Å². The summed E-state index contributed by atoms with van der Waals surface area (Å²) in [7, 11) is 0. The normalized spacial score (nSPS) is 18.9. The van der Waals surface area contributed by atoms with Crippen molar-refractivity contribution in [1.29, 1.82) is 0 Å². The minimum atomic E-state index is -2.85. The van der Waals surface area contributed by atoms with Crippen molar-refractivity contribution in [3.05, 3.63) is 30.1 Å². The lowest BCUT2D eigenvalue weighted by molar-refractivity contribution is -0.0498. The van der Waals surface area contributed by atoms with E-state index < -0.39 is 6.61 Å². The average molecular weight is 339 g/mol. The second-order valence-corrected chi connectivity index (χ2v) is 5.68. The lowest BCUT2D eigenvalue weighted by atomic mass is 10.0. The summed E-state index contributed by atoms with van der Waals surface area (Å²) in [6.07, 6.45) is 3.15. The first-order chi connectivity index (χ1) is 11.7. The predicted molar refractivity (Wildman–Crippen MR) is 80.9 cm³/mol. The summed E-state index contributed by atoms with van der Waals surface area (Å²) in [5.74, 6) is 0.720. The van der Waals surface area contributed by atoms with Crippen LogP contribution in [0.15, 0.2) is 24.3 Å². The van der Waals surface area contributed by atoms with E-state index in [-0.39, 0.29) is 18.4 Å². The number of aliphatic hydroxyl groups is 1. The highest BCUT2D eigenvalue weighted by Crippen LogP contribution is 2.21. The number of tetrazole rings is 1. The third kappa shape index (κ3) is 3.85. The molecular weight excluding hydrogens is 320 g/mol. The molecule has 0 spiro atoms. The van der Waals surface area contributed by atoms with Gasteiger partial charge in [0.15, 0.2) is 5.82 Å². The second-order valence-electron chi connectivity index (χ2n) is 5.68. The van der Waals surface area contributed by atoms with E-state index in [1.165, 1.54) is 12.1 Å². The van der Waals surface area contributed by atoms with E-state index in [1.807, 2.05) is 0 Å². The summed E-state index contributed by atoms with van der Waals surface area (Å²) >= 11 is 0. The highest BCUT2D eigenvalue weighted by Gasteiger charge is 2.24. The van der Waals surface area contributed by atoms with E-state index in [0.29, 0.717) is 18.1 Å². The van der Waals surface area contributed by atoms with Gasteiger partial charge in [-0.05, 0) is 54.1 Å². The van der Waals surface area contributed by atoms with Gasteiger partial charge in [0.2, 0.25) is 0 Å². The summed E-state index contributed by atoms with van der Waals surface area (Å²) in [4.78, 5) is 2.17. The van der Waals surface area contributed by atoms with Crippen LogP contribution in [0.5, 0.6) is 5.75 Å². The summed E-state index contributed by atoms with van der Waals surface area (Å²) in [5.41, 5.74) is 0.661. The minimum absolute atomic E-state index is 0.0831. The summed E-state index contributed by atoms with van der Waals surface area (Å²) in [6.45, 7) is -1.33. The Bertz CT molecular complexity index is 650. The molecule has 0 amide bonds. The Balaban J connectivity index is 1.75. The zero-order valence-corrected chi connectivity index (χ0v) is 13.1. The molecule has 1 aromatic heterocycles. The molecule has 1 aliphatic heterocycles. The van der Waals surface area contributed by atoms with Crippen LogP contribution in [0.25, 0.3) is 5.69 Å². The number of ether oxygens (including phenoxy) is 1. The van der Waals surface area contributed by atoms with Gasteiger partial charge in [-0.25, -0.2) is 0 Å². The van der Waals surface area contributed by atoms with Crippen LogP contribution in [0.4, 0.5) is 8.78 Å². The van der Waals surface area contributed by atoms with Gasteiger partial charge in [0, 0.05) is 6.04 Å². The number of piperidine rings is 1. The van der Waals surface area contributed by atoms with Crippen LogP contribution in [0.2, 0.25) is 0 Å². The Morgan fingerprint density at radius 1 is 1.25 bits per heavy atom. The average Bonchev–Trinajstić information content (AvgIpc) is 3.04. The zero-order valence-electron chi connectivity index (χ0n) is 13.1. The molecule has 0 aliphatic carbocycles. The van der Waals surface area contributed by atoms with Gasteiger partial charge >= 0.3 is 6.61 Å². The van der Waals surface area contributed by atoms with Gasteiger partial charge in [0.25, 0.3) is 0 Å². The van der Waals surface area contributed by atoms with Crippen molar-refractivity contribution in [2.45, 2.75) is 38.5 Å². The Hall–Kier alpha value is -2.13. The quantitative estimate of drug-likeness (QED) is 0.862. The SMILES string of the molecule is OC[C@H]1CCCCN1Cc1nnnn1-c1ccc(OC(F)F)cc1. The Labute approximate surface area is 137 Å². The fraction of sp³-hybridized carbons (Fsp3) is 0.533. The van der Waals surface area contributed by atoms with Gasteiger partial charge in [-0.2, -0.15) is 13.5 Å². The van der Waals surface area contributed by atoms with Crippen molar-refractivity contribution in [1.82, 2.24) is 25.1 Å². The number of alkyl halides is 2. The molecule has 24 heavy (non-hydrogen) atoms. The molecule has 1 atom stereocenters. The van der Waals surface area contributed by atoms with E-state index >= 15 is 0 Å². The number of likely N-dealkylation sites (tertiary alicyclic amines) is 1. The van der Waals surface area contributed by atoms with Crippen LogP contribution < -0.4 is 4.74 Å². The molecule has 7 nitrogen and oxygen atoms in total. The van der Waals surface area contributed by atoms with Gasteiger partial charge in [-0.3, -0.25) is 4.90 Å². The van der Waals surface area contributed by atoms with E-state index in [0.717, 1.165) is 25.8 Å². The van der Waals surface area contributed by atoms with Crippen LogP contribution in [-0.4, -0.2) is 56.0 Å². The summed E-state index contributed by atoms with van der Waals surface area (Å²) < 4.78 is 30.3. The number of nitrogens with zero attached hydrogens (tertiary/aromatic N) is 5. The smallest absolute Gasteiger partial charge is 0.387 e. The molecule has 1 N–H and O–H groups in total. The number of rotatable bonds is 6. The lowest BCUT2D eigenvalue weighted by Crippen LogP contribution is -2.41. The van der Waals surface area contributed by atoms with Crippen molar-refractivity contribution in [2.24, 2.45) is 0 Å². The first kappa shape index (κ1) is 16.7. The molecule has 0 bridgehead atoms. The third-order valence-electron chi connectivity index (χ3n) is 4.14. The Morgan fingerprint density at radius 3 is 2.75 bits per heavy atom. The van der Waals surface area contributed by atoms with E-state index in [1.54, 1.807) is 16.8 Å². The second kappa shape index (κ2) is 7.63. The number of halogens is 2. The summed E-state index contributed by atoms with van der Waals surface area (Å²) in [6, 6.07) is 6.26. The molecule has 1 saturated heterocycles. The number of hydrogen-bond donors (Lipinski definition) is 1. The van der Waals surface area contributed by atoms with Crippen LogP contribution in [0.1, 0.15) is 25.1 Å². The zero-order chi connectivity index (χ0) is 16.9. The van der Waals surface area contributed by atoms with Gasteiger partial charge in [-0.15, -0.1) is 5.10 Å². The summed E-state index contributed by atoms with van der Waals surface area (Å²) in [5, 5.41) is 21.2. The first-order valence-electron chi connectivity index (χ1n) is 7.85. The van der Waals surface area contributed by atoms with Gasteiger partial charge in [0.1, 0.15) is 5.75 Å². The maximum absolute atomic E-state index is 12.2. The molecule has 1 fully saturated rings. The molecule has 1 aromatic carbocycles. The molecule has 9 heteroatoms. The number of aliphatic hydroxyl groups excluding tert-OH is 1. The fourth-order valence-electron chi connectivity index (χ4n) is 2.93. The Kier molecular flexibility index (Phi) is 5.31. The molecule has 0 unspecified atom stereocenters. The molecule has 0 saturated carbocycles. The number of aromatic nitrogens is 4. The van der Waals surface area contributed by atoms with Crippen molar-refractivity contribution in [2.75, 3.05) is 13.2 Å². The van der Waals surface area contributed by atoms with E-state index in [4.69, 9.17) is 0 Å². The predicted octanol–water partition coefficient (Wildman–Crippen LogP) is 1.61. The monoisotopic (exact) mass is 339 g/mol. The van der Waals surface area contributed by atoms with E-state index in [9.17, 15) is 13.9 Å². The maximum Gasteiger partial charge on any atom is 0.387 e. The largest absolute Gasteiger partial charge is 0.435 e. The van der Waals surface area contributed by atoms with Crippen molar-refractivity contribution >= 4 is 0 Å². The Morgan fingerprint density at radius 2 is 2.04 bits per heavy atom. The number of benzene rings is 1. The first-order valence-corrected chi connectivity index (χ1v) is 7.85. The molecular formula is C15H19F2N5O2. The standard InChI is InChI=1S/C15H19F2N5O2/c16-15(17)24-13-6-4-11(5-7-13)22-14(18-19-20-22)9-21-8-2-1-3-12(21)10-23/h4-7,12,15,23H,1-3,8-10H2/t12-/m1/s1. The van der Waals surface area contributed by atoms with Gasteiger partial charge < -0.3 is 9.84 Å². The lowest BCUT2D eigenvalue weighted by Gasteiger charge is -2.33. The molecule has 1 aliphatic rings. The topological polar surface area (TPSA) is 76.3 Å². The van der Waals surface area contributed by atoms with Gasteiger partial charge in [-0.1, -0.05) is 6.42 Å². The molecule has 2 heterocycles. The van der Waals surface area contributed by atoms with Crippen molar-refractivity contribution < 1.29 is 18.6 Å². The van der Waals surface area contributed by atoms with Crippen LogP contribution in [0.3, 0.4) is 0 Å². The van der Waals surface area contributed by atoms with Gasteiger partial charge in [0.05, 0.1) is 18.8 Å². The van der Waals surface area contributed by atoms with E-state index in [2.05, 4.69) is 25.2 Å². The fourth-order valence-corrected chi connectivity index (χ4v) is 2.93. The number of hydrogen-bond acceptors (Lipinski definition) is 6. The van der Waals surface area contributed by atoms with Crippen molar-refractivity contribution in [3.8, 4) is 11.4 Å². The molecule has 2 aromatic rings. The minimum Gasteiger partial charge on any atom is -0.435 e. The van der Waals surface area contributed by atoms with Crippen molar-refractivity contribution in [3.63, 3.8) is 0 Å². The third-order valence-corrected chi connectivity index (χ3v) is 4.14. The molecule has 0 radical (unpaired) electrons. The molecule has 130 valence electrons. The highest BCUT2D eigenvalue weighted by atomic mass is 19.3.